The fraction of sp³-hybridized carbons (Fsp3) is 0.500. The molecule has 96 valence electrons. The summed E-state index contributed by atoms with van der Waals surface area (Å²) < 4.78 is 44.7. The van der Waals surface area contributed by atoms with E-state index in [9.17, 15) is 13.2 Å². The zero-order valence-electron chi connectivity index (χ0n) is 10.1. The van der Waals surface area contributed by atoms with Crippen LogP contribution < -0.4 is 5.32 Å². The molecule has 0 bridgehead atoms. The summed E-state index contributed by atoms with van der Waals surface area (Å²) in [4.78, 5) is 0. The first-order valence-electron chi connectivity index (χ1n) is 5.39. The van der Waals surface area contributed by atoms with Crippen molar-refractivity contribution in [3.8, 4) is 0 Å². The maximum absolute atomic E-state index is 13.5. The molecule has 0 saturated heterocycles. The van der Waals surface area contributed by atoms with Gasteiger partial charge in [0, 0.05) is 5.56 Å². The van der Waals surface area contributed by atoms with Crippen LogP contribution in [-0.4, -0.2) is 19.8 Å². The quantitative estimate of drug-likeness (QED) is 0.808. The number of halogens is 3. The Kier molecular flexibility index (Phi) is 4.96. The maximum Gasteiger partial charge on any atom is 0.194 e. The van der Waals surface area contributed by atoms with Gasteiger partial charge in [0.05, 0.1) is 18.8 Å². The minimum Gasteiger partial charge on any atom is -0.377 e. The van der Waals surface area contributed by atoms with E-state index in [0.717, 1.165) is 6.07 Å². The van der Waals surface area contributed by atoms with Crippen molar-refractivity contribution in [3.05, 3.63) is 35.1 Å². The van der Waals surface area contributed by atoms with Crippen molar-refractivity contribution in [2.75, 3.05) is 13.7 Å². The highest BCUT2D eigenvalue weighted by Gasteiger charge is 2.20. The highest BCUT2D eigenvalue weighted by Crippen LogP contribution is 2.21. The maximum atomic E-state index is 13.5. The average molecular weight is 247 g/mol. The molecular formula is C12H16F3NO. The molecule has 5 heteroatoms. The fourth-order valence-corrected chi connectivity index (χ4v) is 1.43. The summed E-state index contributed by atoms with van der Waals surface area (Å²) >= 11 is 0. The molecule has 0 fully saturated rings. The van der Waals surface area contributed by atoms with E-state index in [-0.39, 0.29) is 18.3 Å². The third-order valence-corrected chi connectivity index (χ3v) is 2.39. The second-order valence-electron chi connectivity index (χ2n) is 3.99. The van der Waals surface area contributed by atoms with Crippen LogP contribution in [0.4, 0.5) is 13.2 Å². The summed E-state index contributed by atoms with van der Waals surface area (Å²) in [6.07, 6.45) is -0.0146. The van der Waals surface area contributed by atoms with Gasteiger partial charge in [0.1, 0.15) is 0 Å². The topological polar surface area (TPSA) is 21.3 Å². The molecular weight excluding hydrogens is 231 g/mol. The monoisotopic (exact) mass is 247 g/mol. The molecule has 0 spiro atoms. The Morgan fingerprint density at radius 3 is 2.35 bits per heavy atom. The van der Waals surface area contributed by atoms with Crippen LogP contribution in [-0.2, 0) is 4.74 Å². The van der Waals surface area contributed by atoms with Gasteiger partial charge in [-0.3, -0.25) is 0 Å². The summed E-state index contributed by atoms with van der Waals surface area (Å²) in [5.74, 6) is -3.81. The molecule has 2 nitrogen and oxygen atoms in total. The molecule has 0 amide bonds. The lowest BCUT2D eigenvalue weighted by molar-refractivity contribution is 0.0617. The second-order valence-corrected chi connectivity index (χ2v) is 3.99. The molecule has 1 atom stereocenters. The molecule has 0 aliphatic carbocycles. The van der Waals surface area contributed by atoms with E-state index in [1.807, 2.05) is 13.8 Å². The number of rotatable bonds is 5. The molecule has 1 unspecified atom stereocenters. The Labute approximate surface area is 98.8 Å². The van der Waals surface area contributed by atoms with E-state index >= 15 is 0 Å². The Balaban J connectivity index is 2.92. The lowest BCUT2D eigenvalue weighted by atomic mass is 10.1. The van der Waals surface area contributed by atoms with Gasteiger partial charge in [-0.1, -0.05) is 6.07 Å². The molecule has 0 aliphatic heterocycles. The highest BCUT2D eigenvalue weighted by atomic mass is 19.2. The Morgan fingerprint density at radius 2 is 1.82 bits per heavy atom. The van der Waals surface area contributed by atoms with Crippen LogP contribution in [0.15, 0.2) is 12.1 Å². The van der Waals surface area contributed by atoms with Gasteiger partial charge in [-0.15, -0.1) is 0 Å². The molecule has 0 radical (unpaired) electrons. The summed E-state index contributed by atoms with van der Waals surface area (Å²) in [7, 11) is 1.61. The minimum atomic E-state index is -1.45. The van der Waals surface area contributed by atoms with E-state index in [2.05, 4.69) is 5.32 Å². The van der Waals surface area contributed by atoms with E-state index in [4.69, 9.17) is 4.74 Å². The van der Waals surface area contributed by atoms with Crippen molar-refractivity contribution in [2.24, 2.45) is 0 Å². The molecule has 1 N–H and O–H groups in total. The van der Waals surface area contributed by atoms with E-state index in [1.54, 1.807) is 7.05 Å². The number of benzene rings is 1. The standard InChI is InChI=1S/C12H16F3NO/c1-7(2)17-6-10(16-3)8-4-5-9(13)12(15)11(8)14/h4-5,7,10,16H,6H2,1-3H3. The van der Waals surface area contributed by atoms with E-state index < -0.39 is 23.5 Å². The fourth-order valence-electron chi connectivity index (χ4n) is 1.43. The number of likely N-dealkylation sites (N-methyl/N-ethyl adjacent to an activating group) is 1. The molecule has 0 heterocycles. The van der Waals surface area contributed by atoms with Crippen LogP contribution >= 0.6 is 0 Å². The normalized spacial score (nSPS) is 13.1. The van der Waals surface area contributed by atoms with Crippen LogP contribution in [0.1, 0.15) is 25.5 Å². The zero-order chi connectivity index (χ0) is 13.0. The number of hydrogen-bond acceptors (Lipinski definition) is 2. The first-order chi connectivity index (χ1) is 7.97. The predicted molar refractivity (Wildman–Crippen MR) is 59.2 cm³/mol. The minimum absolute atomic E-state index is 0.0146. The SMILES string of the molecule is CNC(COC(C)C)c1ccc(F)c(F)c1F. The van der Waals surface area contributed by atoms with Gasteiger partial charge in [0.2, 0.25) is 0 Å². The Bertz CT molecular complexity index is 382. The van der Waals surface area contributed by atoms with Crippen LogP contribution in [0.2, 0.25) is 0 Å². The van der Waals surface area contributed by atoms with Gasteiger partial charge in [0.15, 0.2) is 17.5 Å². The smallest absolute Gasteiger partial charge is 0.194 e. The van der Waals surface area contributed by atoms with Crippen LogP contribution in [0.5, 0.6) is 0 Å². The first kappa shape index (κ1) is 14.0. The Hall–Kier alpha value is -1.07. The van der Waals surface area contributed by atoms with Gasteiger partial charge in [0.25, 0.3) is 0 Å². The summed E-state index contributed by atoms with van der Waals surface area (Å²) in [6, 6.07) is 1.62. The molecule has 1 aromatic carbocycles. The van der Waals surface area contributed by atoms with E-state index in [1.165, 1.54) is 6.07 Å². The third-order valence-electron chi connectivity index (χ3n) is 2.39. The lowest BCUT2D eigenvalue weighted by Gasteiger charge is -2.19. The van der Waals surface area contributed by atoms with Crippen LogP contribution in [0.25, 0.3) is 0 Å². The predicted octanol–water partition coefficient (Wildman–Crippen LogP) is 2.79. The van der Waals surface area contributed by atoms with Crippen molar-refractivity contribution < 1.29 is 17.9 Å². The number of hydrogen-bond donors (Lipinski definition) is 1. The van der Waals surface area contributed by atoms with Gasteiger partial charge in [-0.2, -0.15) is 0 Å². The molecule has 1 aromatic rings. The van der Waals surface area contributed by atoms with Gasteiger partial charge >= 0.3 is 0 Å². The largest absolute Gasteiger partial charge is 0.377 e. The van der Waals surface area contributed by atoms with E-state index in [0.29, 0.717) is 0 Å². The molecule has 0 saturated carbocycles. The van der Waals surface area contributed by atoms with Gasteiger partial charge in [-0.25, -0.2) is 13.2 Å². The van der Waals surface area contributed by atoms with Crippen LogP contribution in [0.3, 0.4) is 0 Å². The van der Waals surface area contributed by atoms with Crippen molar-refractivity contribution in [3.63, 3.8) is 0 Å². The van der Waals surface area contributed by atoms with Crippen molar-refractivity contribution in [2.45, 2.75) is 26.0 Å². The number of ether oxygens (including phenoxy) is 1. The molecule has 1 rings (SSSR count). The van der Waals surface area contributed by atoms with Crippen molar-refractivity contribution in [1.82, 2.24) is 5.32 Å². The highest BCUT2D eigenvalue weighted by molar-refractivity contribution is 5.23. The van der Waals surface area contributed by atoms with Gasteiger partial charge in [-0.05, 0) is 27.0 Å². The van der Waals surface area contributed by atoms with Crippen molar-refractivity contribution >= 4 is 0 Å². The lowest BCUT2D eigenvalue weighted by Crippen LogP contribution is -2.25. The Morgan fingerprint density at radius 1 is 1.18 bits per heavy atom. The van der Waals surface area contributed by atoms with Gasteiger partial charge < -0.3 is 10.1 Å². The average Bonchev–Trinajstić information content (AvgIpc) is 2.29. The molecule has 0 aromatic heterocycles. The van der Waals surface area contributed by atoms with Crippen molar-refractivity contribution in [1.29, 1.82) is 0 Å². The first-order valence-corrected chi connectivity index (χ1v) is 5.39. The molecule has 0 aliphatic rings. The second kappa shape index (κ2) is 6.02. The summed E-state index contributed by atoms with van der Waals surface area (Å²) in [6.45, 7) is 3.87. The number of nitrogens with one attached hydrogen (secondary N) is 1. The zero-order valence-corrected chi connectivity index (χ0v) is 10.1. The molecule has 17 heavy (non-hydrogen) atoms. The van der Waals surface area contributed by atoms with Crippen LogP contribution in [0, 0.1) is 17.5 Å². The summed E-state index contributed by atoms with van der Waals surface area (Å²) in [5, 5.41) is 2.81. The third kappa shape index (κ3) is 3.44. The summed E-state index contributed by atoms with van der Waals surface area (Å²) in [5.41, 5.74) is 0.0621.